The molecule has 0 unspecified atom stereocenters. The SMILES string of the molecule is FC(F)(F)COc1nnc(-c2ccc(Cl)cc2)s1. The number of benzene rings is 1. The lowest BCUT2D eigenvalue weighted by Gasteiger charge is -2.04. The lowest BCUT2D eigenvalue weighted by Crippen LogP contribution is -2.19. The fourth-order valence-electron chi connectivity index (χ4n) is 1.12. The van der Waals surface area contributed by atoms with Crippen molar-refractivity contribution in [1.29, 1.82) is 0 Å². The zero-order valence-corrected chi connectivity index (χ0v) is 10.3. The zero-order chi connectivity index (χ0) is 13.2. The summed E-state index contributed by atoms with van der Waals surface area (Å²) in [6.45, 7) is -1.37. The molecule has 1 aromatic heterocycles. The van der Waals surface area contributed by atoms with Gasteiger partial charge in [-0.1, -0.05) is 40.2 Å². The van der Waals surface area contributed by atoms with Gasteiger partial charge in [0.05, 0.1) is 0 Å². The molecule has 1 heterocycles. The summed E-state index contributed by atoms with van der Waals surface area (Å²) >= 11 is 6.67. The molecule has 0 spiro atoms. The molecule has 1 aromatic carbocycles. The standard InChI is InChI=1S/C10H6ClF3N2OS/c11-7-3-1-6(2-4-7)8-15-16-9(18-8)17-5-10(12,13)14/h1-4H,5H2. The van der Waals surface area contributed by atoms with Gasteiger partial charge in [-0.2, -0.15) is 13.2 Å². The molecule has 0 aliphatic rings. The number of rotatable bonds is 3. The Labute approximate surface area is 109 Å². The van der Waals surface area contributed by atoms with Crippen molar-refractivity contribution in [3.8, 4) is 15.8 Å². The van der Waals surface area contributed by atoms with Crippen molar-refractivity contribution < 1.29 is 17.9 Å². The van der Waals surface area contributed by atoms with Gasteiger partial charge in [-0.3, -0.25) is 0 Å². The first kappa shape index (κ1) is 13.1. The van der Waals surface area contributed by atoms with Crippen LogP contribution in [0, 0.1) is 0 Å². The molecule has 0 aliphatic heterocycles. The Morgan fingerprint density at radius 1 is 1.17 bits per heavy atom. The Hall–Kier alpha value is -1.34. The number of aromatic nitrogens is 2. The largest absolute Gasteiger partial charge is 0.459 e. The van der Waals surface area contributed by atoms with Gasteiger partial charge in [-0.15, -0.1) is 5.10 Å². The molecule has 0 aliphatic carbocycles. The number of nitrogens with zero attached hydrogens (tertiary/aromatic N) is 2. The number of alkyl halides is 3. The van der Waals surface area contributed by atoms with Crippen LogP contribution in [0.15, 0.2) is 24.3 Å². The lowest BCUT2D eigenvalue weighted by molar-refractivity contribution is -0.153. The van der Waals surface area contributed by atoms with Crippen LogP contribution in [0.4, 0.5) is 13.2 Å². The summed E-state index contributed by atoms with van der Waals surface area (Å²) in [6, 6.07) is 6.73. The van der Waals surface area contributed by atoms with E-state index in [1.54, 1.807) is 24.3 Å². The number of hydrogen-bond donors (Lipinski definition) is 0. The van der Waals surface area contributed by atoms with E-state index < -0.39 is 12.8 Å². The fourth-order valence-corrected chi connectivity index (χ4v) is 1.95. The average molecular weight is 295 g/mol. The molecule has 2 aromatic rings. The van der Waals surface area contributed by atoms with Crippen LogP contribution in [0.1, 0.15) is 0 Å². The van der Waals surface area contributed by atoms with E-state index in [0.717, 1.165) is 16.9 Å². The molecule has 0 saturated carbocycles. The van der Waals surface area contributed by atoms with Crippen molar-refractivity contribution in [2.24, 2.45) is 0 Å². The molecule has 8 heteroatoms. The van der Waals surface area contributed by atoms with Crippen LogP contribution in [0.5, 0.6) is 5.19 Å². The monoisotopic (exact) mass is 294 g/mol. The van der Waals surface area contributed by atoms with Crippen LogP contribution in [0.2, 0.25) is 5.02 Å². The highest BCUT2D eigenvalue weighted by Crippen LogP contribution is 2.29. The summed E-state index contributed by atoms with van der Waals surface area (Å²) in [6.07, 6.45) is -4.38. The first-order chi connectivity index (χ1) is 8.44. The Balaban J connectivity index is 2.08. The Kier molecular flexibility index (Phi) is 3.72. The lowest BCUT2D eigenvalue weighted by atomic mass is 10.2. The van der Waals surface area contributed by atoms with E-state index in [-0.39, 0.29) is 5.19 Å². The van der Waals surface area contributed by atoms with Crippen molar-refractivity contribution in [2.45, 2.75) is 6.18 Å². The molecule has 0 radical (unpaired) electrons. The summed E-state index contributed by atoms with van der Waals surface area (Å²) in [5.41, 5.74) is 0.721. The van der Waals surface area contributed by atoms with Crippen LogP contribution in [0.25, 0.3) is 10.6 Å². The summed E-state index contributed by atoms with van der Waals surface area (Å²) in [7, 11) is 0. The first-order valence-electron chi connectivity index (χ1n) is 4.73. The van der Waals surface area contributed by atoms with Gasteiger partial charge >= 0.3 is 6.18 Å². The maximum absolute atomic E-state index is 11.9. The second-order valence-corrected chi connectivity index (χ2v) is 4.66. The van der Waals surface area contributed by atoms with E-state index in [4.69, 9.17) is 11.6 Å². The average Bonchev–Trinajstić information content (AvgIpc) is 2.75. The first-order valence-corrected chi connectivity index (χ1v) is 5.92. The summed E-state index contributed by atoms with van der Waals surface area (Å²) in [5.74, 6) is 0. The summed E-state index contributed by atoms with van der Waals surface area (Å²) in [5, 5.41) is 8.21. The van der Waals surface area contributed by atoms with Gasteiger partial charge < -0.3 is 4.74 Å². The fraction of sp³-hybridized carbons (Fsp3) is 0.200. The molecule has 96 valence electrons. The second-order valence-electron chi connectivity index (χ2n) is 3.28. The highest BCUT2D eigenvalue weighted by molar-refractivity contribution is 7.16. The third-order valence-electron chi connectivity index (χ3n) is 1.86. The minimum absolute atomic E-state index is 0.114. The molecule has 0 N–H and O–H groups in total. The van der Waals surface area contributed by atoms with E-state index in [0.29, 0.717) is 10.0 Å². The van der Waals surface area contributed by atoms with Crippen LogP contribution in [0.3, 0.4) is 0 Å². The van der Waals surface area contributed by atoms with Crippen LogP contribution in [-0.4, -0.2) is 23.0 Å². The van der Waals surface area contributed by atoms with Crippen molar-refractivity contribution >= 4 is 22.9 Å². The van der Waals surface area contributed by atoms with E-state index in [1.807, 2.05) is 0 Å². The maximum Gasteiger partial charge on any atom is 0.422 e. The van der Waals surface area contributed by atoms with Gasteiger partial charge in [-0.05, 0) is 12.1 Å². The number of halogens is 4. The highest BCUT2D eigenvalue weighted by atomic mass is 35.5. The predicted octanol–water partition coefficient (Wildman–Crippen LogP) is 3.80. The highest BCUT2D eigenvalue weighted by Gasteiger charge is 2.29. The van der Waals surface area contributed by atoms with E-state index >= 15 is 0 Å². The predicted molar refractivity (Wildman–Crippen MR) is 61.9 cm³/mol. The molecular formula is C10H6ClF3N2OS. The van der Waals surface area contributed by atoms with Gasteiger partial charge in [0, 0.05) is 10.6 Å². The molecule has 0 amide bonds. The smallest absolute Gasteiger partial charge is 0.422 e. The molecule has 0 bridgehead atoms. The van der Waals surface area contributed by atoms with Crippen molar-refractivity contribution in [1.82, 2.24) is 10.2 Å². The van der Waals surface area contributed by atoms with Gasteiger partial charge in [-0.25, -0.2) is 0 Å². The van der Waals surface area contributed by atoms with E-state index in [1.165, 1.54) is 0 Å². The topological polar surface area (TPSA) is 35.0 Å². The Morgan fingerprint density at radius 2 is 1.83 bits per heavy atom. The molecule has 3 nitrogen and oxygen atoms in total. The van der Waals surface area contributed by atoms with E-state index in [9.17, 15) is 13.2 Å². The quantitative estimate of drug-likeness (QED) is 0.863. The molecular weight excluding hydrogens is 289 g/mol. The van der Waals surface area contributed by atoms with Crippen LogP contribution < -0.4 is 4.74 Å². The molecule has 2 rings (SSSR count). The van der Waals surface area contributed by atoms with Gasteiger partial charge in [0.15, 0.2) is 11.6 Å². The number of ether oxygens (including phenoxy) is 1. The van der Waals surface area contributed by atoms with Crippen molar-refractivity contribution in [2.75, 3.05) is 6.61 Å². The maximum atomic E-state index is 11.9. The number of hydrogen-bond acceptors (Lipinski definition) is 4. The normalized spacial score (nSPS) is 11.6. The zero-order valence-electron chi connectivity index (χ0n) is 8.74. The van der Waals surface area contributed by atoms with Crippen LogP contribution in [-0.2, 0) is 0 Å². The minimum atomic E-state index is -4.38. The van der Waals surface area contributed by atoms with E-state index in [2.05, 4.69) is 14.9 Å². The third-order valence-corrected chi connectivity index (χ3v) is 2.99. The molecule has 18 heavy (non-hydrogen) atoms. The van der Waals surface area contributed by atoms with Crippen LogP contribution >= 0.6 is 22.9 Å². The molecule has 0 fully saturated rings. The molecule has 0 saturated heterocycles. The van der Waals surface area contributed by atoms with Crippen molar-refractivity contribution in [3.05, 3.63) is 29.3 Å². The van der Waals surface area contributed by atoms with Gasteiger partial charge in [0.25, 0.3) is 5.19 Å². The summed E-state index contributed by atoms with van der Waals surface area (Å²) in [4.78, 5) is 0. The Bertz CT molecular complexity index is 527. The Morgan fingerprint density at radius 3 is 2.44 bits per heavy atom. The summed E-state index contributed by atoms with van der Waals surface area (Å²) < 4.78 is 40.3. The minimum Gasteiger partial charge on any atom is -0.459 e. The van der Waals surface area contributed by atoms with Gasteiger partial charge in [0.1, 0.15) is 0 Å². The second kappa shape index (κ2) is 5.11. The van der Waals surface area contributed by atoms with Gasteiger partial charge in [0.2, 0.25) is 0 Å². The molecule has 0 atom stereocenters. The third kappa shape index (κ3) is 3.58. The van der Waals surface area contributed by atoms with Crippen molar-refractivity contribution in [3.63, 3.8) is 0 Å².